The number of halogens is 1. The number of amides is 1. The Balaban J connectivity index is 1.50. The Labute approximate surface area is 155 Å². The van der Waals surface area contributed by atoms with Crippen LogP contribution in [0.1, 0.15) is 6.42 Å². The fourth-order valence-corrected chi connectivity index (χ4v) is 4.36. The predicted molar refractivity (Wildman–Crippen MR) is 94.9 cm³/mol. The van der Waals surface area contributed by atoms with E-state index in [1.807, 2.05) is 0 Å². The number of fused-ring (bicyclic) bond motifs is 1. The maximum absolute atomic E-state index is 13.0. The van der Waals surface area contributed by atoms with Gasteiger partial charge in [0.1, 0.15) is 19.0 Å². The summed E-state index contributed by atoms with van der Waals surface area (Å²) < 4.78 is 51.4. The van der Waals surface area contributed by atoms with Gasteiger partial charge in [0.15, 0.2) is 11.5 Å². The molecule has 1 saturated heterocycles. The van der Waals surface area contributed by atoms with E-state index in [0.29, 0.717) is 30.4 Å². The average Bonchev–Trinajstić information content (AvgIpc) is 3.01. The Hall–Kier alpha value is -2.65. The Morgan fingerprint density at radius 3 is 2.48 bits per heavy atom. The molecule has 0 aromatic heterocycles. The molecule has 0 unspecified atom stereocenters. The zero-order chi connectivity index (χ0) is 19.0. The summed E-state index contributed by atoms with van der Waals surface area (Å²) in [6.45, 7) is 1.10. The standard InChI is InChI=1S/C18H17FN2O5S/c19-12-1-4-15(5-2-12)27(23,24)20-13-9-18(22)21(11-13)14-3-6-16-17(10-14)26-8-7-25-16/h1-6,10,13,20H,7-9,11H2/t13-/m0/s1. The first kappa shape index (κ1) is 17.7. The summed E-state index contributed by atoms with van der Waals surface area (Å²) in [7, 11) is -3.84. The van der Waals surface area contributed by atoms with Crippen molar-refractivity contribution in [2.75, 3.05) is 24.7 Å². The lowest BCUT2D eigenvalue weighted by molar-refractivity contribution is -0.117. The molecule has 2 aromatic carbocycles. The van der Waals surface area contributed by atoms with Crippen LogP contribution in [0.5, 0.6) is 11.5 Å². The fraction of sp³-hybridized carbons (Fsp3) is 0.278. The van der Waals surface area contributed by atoms with E-state index in [1.54, 1.807) is 18.2 Å². The number of nitrogens with one attached hydrogen (secondary N) is 1. The molecule has 4 rings (SSSR count). The lowest BCUT2D eigenvalue weighted by Crippen LogP contribution is -2.37. The molecule has 0 bridgehead atoms. The zero-order valence-electron chi connectivity index (χ0n) is 14.2. The second-order valence-corrected chi connectivity index (χ2v) is 8.02. The fourth-order valence-electron chi connectivity index (χ4n) is 3.14. The largest absolute Gasteiger partial charge is 0.486 e. The molecule has 2 heterocycles. The summed E-state index contributed by atoms with van der Waals surface area (Å²) >= 11 is 0. The van der Waals surface area contributed by atoms with Gasteiger partial charge < -0.3 is 14.4 Å². The topological polar surface area (TPSA) is 84.9 Å². The first-order valence-electron chi connectivity index (χ1n) is 8.40. The number of hydrogen-bond donors (Lipinski definition) is 1. The Kier molecular flexibility index (Phi) is 4.48. The summed E-state index contributed by atoms with van der Waals surface area (Å²) in [6, 6.07) is 9.13. The van der Waals surface area contributed by atoms with E-state index in [0.717, 1.165) is 12.1 Å². The molecule has 0 spiro atoms. The van der Waals surface area contributed by atoms with Crippen molar-refractivity contribution in [3.8, 4) is 11.5 Å². The highest BCUT2D eigenvalue weighted by Crippen LogP contribution is 2.35. The molecule has 1 N–H and O–H groups in total. The minimum absolute atomic E-state index is 0.0366. The van der Waals surface area contributed by atoms with E-state index < -0.39 is 21.9 Å². The third kappa shape index (κ3) is 3.60. The molecule has 1 atom stereocenters. The SMILES string of the molecule is O=C1C[C@H](NS(=O)(=O)c2ccc(F)cc2)CN1c1ccc2c(c1)OCCO2. The molecule has 9 heteroatoms. The van der Waals surface area contributed by atoms with Crippen LogP contribution in [0.25, 0.3) is 0 Å². The molecular formula is C18H17FN2O5S. The first-order valence-corrected chi connectivity index (χ1v) is 9.89. The van der Waals surface area contributed by atoms with Crippen LogP contribution >= 0.6 is 0 Å². The van der Waals surface area contributed by atoms with Gasteiger partial charge in [-0.3, -0.25) is 4.79 Å². The van der Waals surface area contributed by atoms with E-state index in [9.17, 15) is 17.6 Å². The van der Waals surface area contributed by atoms with Crippen LogP contribution in [0.4, 0.5) is 10.1 Å². The van der Waals surface area contributed by atoms with Crippen molar-refractivity contribution in [1.82, 2.24) is 4.72 Å². The van der Waals surface area contributed by atoms with Gasteiger partial charge in [0.05, 0.1) is 4.90 Å². The van der Waals surface area contributed by atoms with Crippen molar-refractivity contribution in [3.63, 3.8) is 0 Å². The maximum atomic E-state index is 13.0. The highest BCUT2D eigenvalue weighted by Gasteiger charge is 2.34. The molecule has 0 aliphatic carbocycles. The Morgan fingerprint density at radius 2 is 1.74 bits per heavy atom. The highest BCUT2D eigenvalue weighted by molar-refractivity contribution is 7.89. The smallest absolute Gasteiger partial charge is 0.240 e. The van der Waals surface area contributed by atoms with Gasteiger partial charge in [-0.05, 0) is 36.4 Å². The van der Waals surface area contributed by atoms with E-state index >= 15 is 0 Å². The first-order chi connectivity index (χ1) is 12.9. The molecule has 142 valence electrons. The van der Waals surface area contributed by atoms with E-state index in [1.165, 1.54) is 17.0 Å². The van der Waals surface area contributed by atoms with Crippen LogP contribution < -0.4 is 19.1 Å². The van der Waals surface area contributed by atoms with Gasteiger partial charge in [-0.2, -0.15) is 0 Å². The number of hydrogen-bond acceptors (Lipinski definition) is 5. The maximum Gasteiger partial charge on any atom is 0.240 e. The molecule has 2 aliphatic heterocycles. The highest BCUT2D eigenvalue weighted by atomic mass is 32.2. The van der Waals surface area contributed by atoms with Gasteiger partial charge in [-0.25, -0.2) is 17.5 Å². The molecule has 1 amide bonds. The van der Waals surface area contributed by atoms with Crippen molar-refractivity contribution in [2.24, 2.45) is 0 Å². The Morgan fingerprint density at radius 1 is 1.04 bits per heavy atom. The lowest BCUT2D eigenvalue weighted by atomic mass is 10.2. The summed E-state index contributed by atoms with van der Waals surface area (Å²) in [5.74, 6) is 0.459. The van der Waals surface area contributed by atoms with Crippen molar-refractivity contribution < 1.29 is 27.1 Å². The number of rotatable bonds is 4. The van der Waals surface area contributed by atoms with E-state index in [2.05, 4.69) is 4.72 Å². The lowest BCUT2D eigenvalue weighted by Gasteiger charge is -2.22. The van der Waals surface area contributed by atoms with Gasteiger partial charge in [-0.1, -0.05) is 0 Å². The number of anilines is 1. The molecule has 1 fully saturated rings. The second-order valence-electron chi connectivity index (χ2n) is 6.31. The normalized spacial score (nSPS) is 19.4. The minimum Gasteiger partial charge on any atom is -0.486 e. The number of benzene rings is 2. The number of sulfonamides is 1. The molecule has 2 aromatic rings. The van der Waals surface area contributed by atoms with Crippen molar-refractivity contribution >= 4 is 21.6 Å². The molecule has 0 saturated carbocycles. The minimum atomic E-state index is -3.84. The average molecular weight is 392 g/mol. The van der Waals surface area contributed by atoms with Crippen molar-refractivity contribution in [3.05, 3.63) is 48.3 Å². The summed E-state index contributed by atoms with van der Waals surface area (Å²) in [5, 5.41) is 0. The summed E-state index contributed by atoms with van der Waals surface area (Å²) in [5.41, 5.74) is 0.618. The van der Waals surface area contributed by atoms with Gasteiger partial charge >= 0.3 is 0 Å². The number of carbonyl (C=O) groups is 1. The van der Waals surface area contributed by atoms with Gasteiger partial charge in [0.2, 0.25) is 15.9 Å². The molecule has 7 nitrogen and oxygen atoms in total. The number of carbonyl (C=O) groups excluding carboxylic acids is 1. The van der Waals surface area contributed by atoms with Crippen LogP contribution in [0.15, 0.2) is 47.4 Å². The summed E-state index contributed by atoms with van der Waals surface area (Å²) in [6.07, 6.45) is 0.0366. The van der Waals surface area contributed by atoms with E-state index in [-0.39, 0.29) is 23.8 Å². The molecular weight excluding hydrogens is 375 g/mol. The van der Waals surface area contributed by atoms with Gasteiger partial charge in [0, 0.05) is 30.8 Å². The van der Waals surface area contributed by atoms with E-state index in [4.69, 9.17) is 9.47 Å². The van der Waals surface area contributed by atoms with Crippen LogP contribution in [-0.4, -0.2) is 40.1 Å². The number of ether oxygens (including phenoxy) is 2. The van der Waals surface area contributed by atoms with Crippen LogP contribution in [0.3, 0.4) is 0 Å². The molecule has 0 radical (unpaired) electrons. The Bertz CT molecular complexity index is 978. The monoisotopic (exact) mass is 392 g/mol. The van der Waals surface area contributed by atoms with Crippen LogP contribution in [0, 0.1) is 5.82 Å². The van der Waals surface area contributed by atoms with Crippen LogP contribution in [0.2, 0.25) is 0 Å². The quantitative estimate of drug-likeness (QED) is 0.856. The second kappa shape index (κ2) is 6.82. The van der Waals surface area contributed by atoms with Gasteiger partial charge in [0.25, 0.3) is 0 Å². The third-order valence-electron chi connectivity index (χ3n) is 4.41. The van der Waals surface area contributed by atoms with Crippen LogP contribution in [-0.2, 0) is 14.8 Å². The third-order valence-corrected chi connectivity index (χ3v) is 5.94. The summed E-state index contributed by atoms with van der Waals surface area (Å²) in [4.78, 5) is 13.9. The molecule has 27 heavy (non-hydrogen) atoms. The zero-order valence-corrected chi connectivity index (χ0v) is 15.0. The van der Waals surface area contributed by atoms with Gasteiger partial charge in [-0.15, -0.1) is 0 Å². The van der Waals surface area contributed by atoms with Crippen molar-refractivity contribution in [2.45, 2.75) is 17.4 Å². The predicted octanol–water partition coefficient (Wildman–Crippen LogP) is 1.68. The molecule has 2 aliphatic rings. The van der Waals surface area contributed by atoms with Crippen molar-refractivity contribution in [1.29, 1.82) is 0 Å². The number of nitrogens with zero attached hydrogens (tertiary/aromatic N) is 1.